The van der Waals surface area contributed by atoms with E-state index in [0.29, 0.717) is 63.4 Å². The first-order valence-electron chi connectivity index (χ1n) is 21.8. The molecule has 1 saturated carbocycles. The molecular weight excluding hydrogens is 737 g/mol. The second-order valence-electron chi connectivity index (χ2n) is 15.1. The van der Waals surface area contributed by atoms with Crippen LogP contribution in [0.15, 0.2) is 73.8 Å². The summed E-state index contributed by atoms with van der Waals surface area (Å²) in [6.07, 6.45) is 24.8. The van der Waals surface area contributed by atoms with E-state index in [1.165, 1.54) is 69.9 Å². The Bertz CT molecular complexity index is 1460. The zero-order valence-electron chi connectivity index (χ0n) is 34.8. The summed E-state index contributed by atoms with van der Waals surface area (Å²) >= 11 is 0. The molecule has 0 radical (unpaired) electrons. The smallest absolute Gasteiger partial charge is 0.338 e. The van der Waals surface area contributed by atoms with E-state index in [2.05, 4.69) is 13.2 Å². The summed E-state index contributed by atoms with van der Waals surface area (Å²) in [5.41, 5.74) is 0.487. The van der Waals surface area contributed by atoms with Crippen LogP contribution in [0, 0.1) is 5.92 Å². The monoisotopic (exact) mass is 804 g/mol. The number of rotatable bonds is 32. The molecule has 0 spiro atoms. The van der Waals surface area contributed by atoms with Gasteiger partial charge in [-0.05, 0) is 99.9 Å². The highest BCUT2D eigenvalue weighted by atomic mass is 16.6. The second-order valence-corrected chi connectivity index (χ2v) is 15.1. The summed E-state index contributed by atoms with van der Waals surface area (Å²) in [4.78, 5) is 47.7. The van der Waals surface area contributed by atoms with Gasteiger partial charge in [0.1, 0.15) is 23.4 Å². The molecule has 0 unspecified atom stereocenters. The maximum Gasteiger partial charge on any atom is 0.338 e. The van der Waals surface area contributed by atoms with Gasteiger partial charge >= 0.3 is 23.9 Å². The number of ether oxygens (including phenoxy) is 6. The van der Waals surface area contributed by atoms with Crippen molar-refractivity contribution in [3.8, 4) is 17.2 Å². The highest BCUT2D eigenvalue weighted by Gasteiger charge is 2.30. The minimum atomic E-state index is -0.360. The Morgan fingerprint density at radius 1 is 0.483 bits per heavy atom. The number of hydrogen-bond acceptors (Lipinski definition) is 10. The first-order valence-corrected chi connectivity index (χ1v) is 21.8. The largest absolute Gasteiger partial charge is 0.494 e. The average molecular weight is 805 g/mol. The Hall–Kier alpha value is -4.60. The topological polar surface area (TPSA) is 124 Å². The second kappa shape index (κ2) is 30.5. The number of carbonyl (C=O) groups excluding carboxylic acids is 4. The number of hydrogen-bond donors (Lipinski definition) is 0. The van der Waals surface area contributed by atoms with Crippen LogP contribution in [-0.4, -0.2) is 56.4 Å². The Kier molecular flexibility index (Phi) is 25.1. The molecule has 0 aromatic heterocycles. The third kappa shape index (κ3) is 21.8. The van der Waals surface area contributed by atoms with Crippen molar-refractivity contribution < 1.29 is 47.6 Å². The summed E-state index contributed by atoms with van der Waals surface area (Å²) in [5.74, 6) is 0.454. The molecule has 0 N–H and O–H groups in total. The number of esters is 4. The van der Waals surface area contributed by atoms with Crippen molar-refractivity contribution >= 4 is 23.9 Å². The molecule has 0 atom stereocenters. The first-order chi connectivity index (χ1) is 28.4. The van der Waals surface area contributed by atoms with Gasteiger partial charge in [0, 0.05) is 12.2 Å². The molecule has 1 aliphatic carbocycles. The Morgan fingerprint density at radius 2 is 0.845 bits per heavy atom. The summed E-state index contributed by atoms with van der Waals surface area (Å²) in [6.45, 7) is 9.03. The standard InChI is InChI=1S/C48H68O10/c1-3-45(49)55-37-21-17-13-9-5-7-11-15-19-35-53-41-27-23-39(24-28-41)47(51)57-43-29-25-40(26-30-43)48(52)58-44-33-31-42(32-34-44)54-36-20-16-12-8-6-10-14-18-22-38-56-46(50)4-2/h3-4,23-24,27-28,31-34,40,43H,1-2,5-22,25-26,29-30,35-38H2. The lowest BCUT2D eigenvalue weighted by molar-refractivity contribution is -0.141. The van der Waals surface area contributed by atoms with Gasteiger partial charge in [0.15, 0.2) is 0 Å². The lowest BCUT2D eigenvalue weighted by Gasteiger charge is -2.27. The Balaban J connectivity index is 1.16. The van der Waals surface area contributed by atoms with Crippen molar-refractivity contribution in [2.45, 2.75) is 147 Å². The van der Waals surface area contributed by atoms with Gasteiger partial charge in [-0.25, -0.2) is 14.4 Å². The molecular formula is C48H68O10. The van der Waals surface area contributed by atoms with E-state index in [1.54, 1.807) is 24.3 Å². The molecule has 0 saturated heterocycles. The maximum atomic E-state index is 12.9. The third-order valence-electron chi connectivity index (χ3n) is 10.4. The van der Waals surface area contributed by atoms with E-state index in [0.717, 1.165) is 69.3 Å². The van der Waals surface area contributed by atoms with Gasteiger partial charge in [0.05, 0.1) is 37.9 Å². The molecule has 2 aromatic carbocycles. The van der Waals surface area contributed by atoms with Gasteiger partial charge in [-0.1, -0.05) is 103 Å². The Morgan fingerprint density at radius 3 is 1.26 bits per heavy atom. The van der Waals surface area contributed by atoms with Crippen molar-refractivity contribution in [1.82, 2.24) is 0 Å². The van der Waals surface area contributed by atoms with Crippen LogP contribution in [0.4, 0.5) is 0 Å². The van der Waals surface area contributed by atoms with Crippen LogP contribution < -0.4 is 14.2 Å². The molecule has 10 nitrogen and oxygen atoms in total. The van der Waals surface area contributed by atoms with E-state index < -0.39 is 0 Å². The molecule has 0 amide bonds. The van der Waals surface area contributed by atoms with Crippen molar-refractivity contribution in [3.05, 3.63) is 79.4 Å². The van der Waals surface area contributed by atoms with Gasteiger partial charge in [-0.15, -0.1) is 0 Å². The summed E-state index contributed by atoms with van der Waals surface area (Å²) in [5, 5.41) is 0. The van der Waals surface area contributed by atoms with E-state index >= 15 is 0 Å². The van der Waals surface area contributed by atoms with Gasteiger partial charge in [-0.3, -0.25) is 4.79 Å². The van der Waals surface area contributed by atoms with E-state index in [1.807, 2.05) is 24.3 Å². The summed E-state index contributed by atoms with van der Waals surface area (Å²) in [6, 6.07) is 14.3. The van der Waals surface area contributed by atoms with E-state index in [-0.39, 0.29) is 35.9 Å². The molecule has 2 aromatic rings. The fourth-order valence-electron chi connectivity index (χ4n) is 6.85. The van der Waals surface area contributed by atoms with Crippen molar-refractivity contribution in [2.24, 2.45) is 5.92 Å². The van der Waals surface area contributed by atoms with Crippen molar-refractivity contribution in [2.75, 3.05) is 26.4 Å². The molecule has 3 rings (SSSR count). The summed E-state index contributed by atoms with van der Waals surface area (Å²) < 4.78 is 33.2. The number of unbranched alkanes of at least 4 members (excludes halogenated alkanes) is 16. The van der Waals surface area contributed by atoms with Crippen LogP contribution in [-0.2, 0) is 28.6 Å². The first kappa shape index (κ1) is 47.8. The SMILES string of the molecule is C=CC(=O)OCCCCCCCCCCCOc1ccc(OC(=O)C2CCC(OC(=O)c3ccc(OCCCCCCCCCCCOC(=O)C=C)cc3)CC2)cc1. The number of carbonyl (C=O) groups is 4. The zero-order valence-corrected chi connectivity index (χ0v) is 34.8. The van der Waals surface area contributed by atoms with Crippen LogP contribution in [0.25, 0.3) is 0 Å². The predicted octanol–water partition coefficient (Wildman–Crippen LogP) is 11.2. The van der Waals surface area contributed by atoms with Gasteiger partial charge < -0.3 is 28.4 Å². The fourth-order valence-corrected chi connectivity index (χ4v) is 6.85. The molecule has 0 bridgehead atoms. The normalized spacial score (nSPS) is 14.8. The number of benzene rings is 2. The average Bonchev–Trinajstić information content (AvgIpc) is 3.24. The lowest BCUT2D eigenvalue weighted by Crippen LogP contribution is -2.30. The maximum absolute atomic E-state index is 12.9. The van der Waals surface area contributed by atoms with E-state index in [9.17, 15) is 19.2 Å². The summed E-state index contributed by atoms with van der Waals surface area (Å²) in [7, 11) is 0. The van der Waals surface area contributed by atoms with Gasteiger partial charge in [0.2, 0.25) is 0 Å². The van der Waals surface area contributed by atoms with E-state index in [4.69, 9.17) is 28.4 Å². The quantitative estimate of drug-likeness (QED) is 0.0232. The minimum absolute atomic E-state index is 0.226. The van der Waals surface area contributed by atoms with Crippen LogP contribution in [0.1, 0.15) is 152 Å². The molecule has 0 heterocycles. The van der Waals surface area contributed by atoms with Crippen molar-refractivity contribution in [3.63, 3.8) is 0 Å². The Labute approximate surface area is 347 Å². The third-order valence-corrected chi connectivity index (χ3v) is 10.4. The molecule has 320 valence electrons. The lowest BCUT2D eigenvalue weighted by atomic mass is 9.87. The molecule has 1 fully saturated rings. The molecule has 58 heavy (non-hydrogen) atoms. The molecule has 10 heteroatoms. The van der Waals surface area contributed by atoms with Crippen LogP contribution in [0.5, 0.6) is 17.2 Å². The van der Waals surface area contributed by atoms with Crippen LogP contribution in [0.2, 0.25) is 0 Å². The predicted molar refractivity (Wildman–Crippen MR) is 226 cm³/mol. The fraction of sp³-hybridized carbons (Fsp3) is 0.583. The molecule has 1 aliphatic rings. The van der Waals surface area contributed by atoms with Gasteiger partial charge in [0.25, 0.3) is 0 Å². The van der Waals surface area contributed by atoms with Gasteiger partial charge in [-0.2, -0.15) is 0 Å². The highest BCUT2D eigenvalue weighted by Crippen LogP contribution is 2.29. The molecule has 0 aliphatic heterocycles. The minimum Gasteiger partial charge on any atom is -0.494 e. The van der Waals surface area contributed by atoms with Crippen LogP contribution in [0.3, 0.4) is 0 Å². The van der Waals surface area contributed by atoms with Crippen molar-refractivity contribution in [1.29, 1.82) is 0 Å². The highest BCUT2D eigenvalue weighted by molar-refractivity contribution is 5.89. The van der Waals surface area contributed by atoms with Crippen LogP contribution >= 0.6 is 0 Å². The zero-order chi connectivity index (χ0) is 41.5.